The van der Waals surface area contributed by atoms with Gasteiger partial charge in [0.25, 0.3) is 0 Å². The van der Waals surface area contributed by atoms with Crippen LogP contribution in [0.3, 0.4) is 0 Å². The number of hydrogen-bond acceptors (Lipinski definition) is 6. The molecule has 0 unspecified atom stereocenters. The van der Waals surface area contributed by atoms with E-state index in [9.17, 15) is 19.8 Å². The van der Waals surface area contributed by atoms with Gasteiger partial charge in [0.1, 0.15) is 6.61 Å². The average molecular weight is 393 g/mol. The van der Waals surface area contributed by atoms with Gasteiger partial charge in [0.15, 0.2) is 11.5 Å². The maximum absolute atomic E-state index is 10.2. The zero-order valence-corrected chi connectivity index (χ0v) is 15.9. The summed E-state index contributed by atoms with van der Waals surface area (Å²) in [5.41, 5.74) is 1.65. The number of likely N-dealkylation sites (tertiary alicyclic amines) is 1. The van der Waals surface area contributed by atoms with E-state index in [1.807, 2.05) is 12.1 Å². The Balaban J connectivity index is 0.000000300. The molecule has 8 nitrogen and oxygen atoms in total. The van der Waals surface area contributed by atoms with Gasteiger partial charge in [-0.25, -0.2) is 9.59 Å². The lowest BCUT2D eigenvalue weighted by atomic mass is 9.81. The van der Waals surface area contributed by atoms with E-state index in [-0.39, 0.29) is 12.4 Å². The molecule has 0 radical (unpaired) electrons. The number of aliphatic hydroxyl groups excluding tert-OH is 1. The Morgan fingerprint density at radius 2 is 1.93 bits per heavy atom. The van der Waals surface area contributed by atoms with Crippen LogP contribution in [0.1, 0.15) is 43.2 Å². The Morgan fingerprint density at radius 1 is 1.25 bits per heavy atom. The summed E-state index contributed by atoms with van der Waals surface area (Å²) in [5, 5.41) is 35.1. The first kappa shape index (κ1) is 21.7. The van der Waals surface area contributed by atoms with Crippen molar-refractivity contribution in [3.63, 3.8) is 0 Å². The Bertz CT molecular complexity index is 714. The van der Waals surface area contributed by atoms with Gasteiger partial charge in [0, 0.05) is 29.2 Å². The number of aliphatic carboxylic acids is 2. The molecule has 154 valence electrons. The fourth-order valence-electron chi connectivity index (χ4n) is 3.79. The van der Waals surface area contributed by atoms with Crippen molar-refractivity contribution in [1.82, 2.24) is 4.90 Å². The number of benzene rings is 1. The number of hydrogen-bond donors (Lipinski definition) is 4. The van der Waals surface area contributed by atoms with E-state index in [4.69, 9.17) is 14.9 Å². The summed E-state index contributed by atoms with van der Waals surface area (Å²) in [7, 11) is 0. The van der Waals surface area contributed by atoms with E-state index < -0.39 is 11.9 Å². The number of aromatic hydroxyl groups is 1. The maximum atomic E-state index is 10.2. The third kappa shape index (κ3) is 5.24. The minimum atomic E-state index is -1.26. The van der Waals surface area contributed by atoms with Crippen molar-refractivity contribution in [2.75, 3.05) is 19.7 Å². The average Bonchev–Trinajstić information content (AvgIpc) is 2.67. The van der Waals surface area contributed by atoms with Crippen LogP contribution in [0, 0.1) is 0 Å². The largest absolute Gasteiger partial charge is 0.504 e. The van der Waals surface area contributed by atoms with Crippen LogP contribution in [0.15, 0.2) is 24.3 Å². The third-order valence-electron chi connectivity index (χ3n) is 4.99. The number of carbonyl (C=O) groups is 2. The molecule has 8 heteroatoms. The smallest absolute Gasteiger partial charge is 0.328 e. The maximum Gasteiger partial charge on any atom is 0.328 e. The van der Waals surface area contributed by atoms with Gasteiger partial charge in [0.2, 0.25) is 0 Å². The molecular formula is C20H27NO7. The highest BCUT2D eigenvalue weighted by molar-refractivity contribution is 5.89. The van der Waals surface area contributed by atoms with Crippen LogP contribution in [0.2, 0.25) is 0 Å². The molecule has 1 fully saturated rings. The fourth-order valence-corrected chi connectivity index (χ4v) is 3.79. The quantitative estimate of drug-likeness (QED) is 0.559. The van der Waals surface area contributed by atoms with E-state index in [2.05, 4.69) is 11.8 Å². The Labute approximate surface area is 163 Å². The van der Waals surface area contributed by atoms with Gasteiger partial charge < -0.3 is 25.2 Å². The molecule has 2 aliphatic rings. The van der Waals surface area contributed by atoms with Gasteiger partial charge in [-0.2, -0.15) is 0 Å². The highest BCUT2D eigenvalue weighted by atomic mass is 16.5. The summed E-state index contributed by atoms with van der Waals surface area (Å²) in [6.45, 7) is 4.95. The van der Waals surface area contributed by atoms with Gasteiger partial charge in [-0.05, 0) is 32.4 Å². The summed E-state index contributed by atoms with van der Waals surface area (Å²) < 4.78 is 5.84. The topological polar surface area (TPSA) is 128 Å². The van der Waals surface area contributed by atoms with Gasteiger partial charge in [-0.3, -0.25) is 4.90 Å². The van der Waals surface area contributed by atoms with Gasteiger partial charge >= 0.3 is 11.9 Å². The van der Waals surface area contributed by atoms with Crippen LogP contribution in [-0.2, 0) is 16.2 Å². The zero-order valence-electron chi connectivity index (χ0n) is 15.9. The van der Waals surface area contributed by atoms with E-state index >= 15 is 0 Å². The molecule has 0 spiro atoms. The van der Waals surface area contributed by atoms with E-state index in [1.54, 1.807) is 0 Å². The highest BCUT2D eigenvalue weighted by Crippen LogP contribution is 2.46. The summed E-state index contributed by atoms with van der Waals surface area (Å²) in [4.78, 5) is 21.6. The van der Waals surface area contributed by atoms with E-state index in [0.29, 0.717) is 42.0 Å². The third-order valence-corrected chi connectivity index (χ3v) is 4.99. The first-order valence-corrected chi connectivity index (χ1v) is 9.35. The first-order chi connectivity index (χ1) is 13.4. The van der Waals surface area contributed by atoms with Crippen molar-refractivity contribution < 1.29 is 34.8 Å². The number of nitrogens with zero attached hydrogens (tertiary/aromatic N) is 1. The second kappa shape index (κ2) is 10.1. The van der Waals surface area contributed by atoms with E-state index in [0.717, 1.165) is 31.5 Å². The summed E-state index contributed by atoms with van der Waals surface area (Å²) in [6, 6.07) is 4.27. The van der Waals surface area contributed by atoms with Crippen LogP contribution < -0.4 is 4.74 Å². The van der Waals surface area contributed by atoms with Crippen molar-refractivity contribution in [2.45, 2.75) is 44.8 Å². The number of aliphatic hydroxyl groups is 1. The van der Waals surface area contributed by atoms with Crippen molar-refractivity contribution in [2.24, 2.45) is 0 Å². The van der Waals surface area contributed by atoms with Crippen LogP contribution in [0.5, 0.6) is 11.5 Å². The SMILES string of the molecule is CCCN1CCC[C@H]2c3ccc(CO)c(O)c3OC[C@@H]21.O=C(O)/C=C/C(=O)O. The highest BCUT2D eigenvalue weighted by Gasteiger charge is 2.38. The number of piperidine rings is 1. The van der Waals surface area contributed by atoms with Gasteiger partial charge in [-0.15, -0.1) is 0 Å². The molecular weight excluding hydrogens is 366 g/mol. The second-order valence-corrected chi connectivity index (χ2v) is 6.82. The molecule has 0 saturated carbocycles. The fraction of sp³-hybridized carbons (Fsp3) is 0.500. The number of ether oxygens (including phenoxy) is 1. The summed E-state index contributed by atoms with van der Waals surface area (Å²) >= 11 is 0. The Kier molecular flexibility index (Phi) is 7.83. The van der Waals surface area contributed by atoms with E-state index in [1.165, 1.54) is 6.42 Å². The number of rotatable bonds is 5. The lowest BCUT2D eigenvalue weighted by molar-refractivity contribution is -0.134. The molecule has 1 saturated heterocycles. The van der Waals surface area contributed by atoms with Crippen LogP contribution in [0.25, 0.3) is 0 Å². The Morgan fingerprint density at radius 3 is 2.50 bits per heavy atom. The van der Waals surface area contributed by atoms with Crippen molar-refractivity contribution in [1.29, 1.82) is 0 Å². The lowest BCUT2D eigenvalue weighted by Gasteiger charge is -2.44. The molecule has 0 bridgehead atoms. The standard InChI is InChI=1S/C16H23NO3.C4H4O4/c1-2-7-17-8-3-4-12-13-6-5-11(9-18)15(19)16(13)20-10-14(12)17;5-3(6)1-2-4(7)8/h5-6,12,14,18-19H,2-4,7-10H2,1H3;1-2H,(H,5,6)(H,7,8)/b;2-1+/t12-,14-;/m0./s1. The van der Waals surface area contributed by atoms with Crippen molar-refractivity contribution in [3.05, 3.63) is 35.4 Å². The molecule has 2 atom stereocenters. The summed E-state index contributed by atoms with van der Waals surface area (Å²) in [6.07, 6.45) is 4.62. The minimum absolute atomic E-state index is 0.121. The molecule has 3 rings (SSSR count). The molecule has 4 N–H and O–H groups in total. The monoisotopic (exact) mass is 393 g/mol. The normalized spacial score (nSPS) is 21.1. The lowest BCUT2D eigenvalue weighted by Crippen LogP contribution is -2.49. The molecule has 28 heavy (non-hydrogen) atoms. The van der Waals surface area contributed by atoms with Crippen LogP contribution >= 0.6 is 0 Å². The molecule has 1 aromatic carbocycles. The van der Waals surface area contributed by atoms with Gasteiger partial charge in [-0.1, -0.05) is 19.1 Å². The number of carboxylic acids is 2. The predicted molar refractivity (Wildman–Crippen MR) is 102 cm³/mol. The van der Waals surface area contributed by atoms with Crippen LogP contribution in [0.4, 0.5) is 0 Å². The van der Waals surface area contributed by atoms with Crippen LogP contribution in [-0.4, -0.2) is 63.0 Å². The zero-order chi connectivity index (χ0) is 20.7. The second-order valence-electron chi connectivity index (χ2n) is 6.82. The predicted octanol–water partition coefficient (Wildman–Crippen LogP) is 1.95. The summed E-state index contributed by atoms with van der Waals surface area (Å²) in [5.74, 6) is -1.36. The van der Waals surface area contributed by atoms with Crippen molar-refractivity contribution in [3.8, 4) is 11.5 Å². The molecule has 1 aromatic rings. The minimum Gasteiger partial charge on any atom is -0.504 e. The molecule has 2 aliphatic heterocycles. The number of phenols is 1. The number of fused-ring (bicyclic) bond motifs is 3. The molecule has 0 amide bonds. The number of carboxylic acid groups (broad SMARTS) is 2. The first-order valence-electron chi connectivity index (χ1n) is 9.35. The molecule has 2 heterocycles. The Hall–Kier alpha value is -2.58. The molecule has 0 aromatic heterocycles. The van der Waals surface area contributed by atoms with Crippen molar-refractivity contribution >= 4 is 11.9 Å². The molecule has 0 aliphatic carbocycles. The van der Waals surface area contributed by atoms with Gasteiger partial charge in [0.05, 0.1) is 12.6 Å².